The molecule has 1 aromatic rings. The molecule has 0 spiro atoms. The Kier molecular flexibility index (Phi) is 5.38. The zero-order chi connectivity index (χ0) is 13.5. The van der Waals surface area contributed by atoms with Crippen molar-refractivity contribution in [3.63, 3.8) is 0 Å². The normalized spacial score (nSPS) is 11.9. The molecule has 0 amide bonds. The number of nitrogens with zero attached hydrogens (tertiary/aromatic N) is 2. The minimum Gasteiger partial charge on any atom is -0.493 e. The van der Waals surface area contributed by atoms with Crippen molar-refractivity contribution in [2.45, 2.75) is 6.42 Å². The third-order valence-corrected chi connectivity index (χ3v) is 2.35. The third-order valence-electron chi connectivity index (χ3n) is 2.35. The second kappa shape index (κ2) is 6.80. The van der Waals surface area contributed by atoms with E-state index in [1.54, 1.807) is 6.07 Å². The zero-order valence-corrected chi connectivity index (χ0v) is 10.6. The van der Waals surface area contributed by atoms with Gasteiger partial charge in [0.05, 0.1) is 12.2 Å². The number of halogens is 1. The molecule has 3 N–H and O–H groups in total. The van der Waals surface area contributed by atoms with Crippen LogP contribution in [0.4, 0.5) is 4.39 Å². The first-order valence-corrected chi connectivity index (χ1v) is 5.60. The van der Waals surface area contributed by atoms with E-state index in [9.17, 15) is 4.39 Å². The summed E-state index contributed by atoms with van der Waals surface area (Å²) in [6, 6.07) is 4.34. The number of rotatable bonds is 6. The molecule has 1 aromatic carbocycles. The molecule has 0 aliphatic carbocycles. The van der Waals surface area contributed by atoms with Gasteiger partial charge in [0, 0.05) is 6.54 Å². The van der Waals surface area contributed by atoms with E-state index in [0.717, 1.165) is 13.0 Å². The van der Waals surface area contributed by atoms with E-state index in [2.05, 4.69) is 5.16 Å². The summed E-state index contributed by atoms with van der Waals surface area (Å²) in [4.78, 5) is 2.03. The first-order valence-electron chi connectivity index (χ1n) is 5.60. The maximum atomic E-state index is 13.6. The molecule has 0 bridgehead atoms. The predicted octanol–water partition coefficient (Wildman–Crippen LogP) is 1.25. The van der Waals surface area contributed by atoms with Crippen LogP contribution in [0.5, 0.6) is 5.75 Å². The van der Waals surface area contributed by atoms with Crippen LogP contribution in [-0.4, -0.2) is 43.2 Å². The van der Waals surface area contributed by atoms with E-state index < -0.39 is 5.82 Å². The van der Waals surface area contributed by atoms with Gasteiger partial charge in [-0.15, -0.1) is 0 Å². The highest BCUT2D eigenvalue weighted by Gasteiger charge is 2.13. The van der Waals surface area contributed by atoms with Gasteiger partial charge in [-0.1, -0.05) is 11.2 Å². The number of hydrogen-bond acceptors (Lipinski definition) is 4. The highest BCUT2D eigenvalue weighted by Crippen LogP contribution is 2.21. The van der Waals surface area contributed by atoms with Crippen molar-refractivity contribution in [2.75, 3.05) is 27.2 Å². The Labute approximate surface area is 106 Å². The van der Waals surface area contributed by atoms with Gasteiger partial charge in [-0.2, -0.15) is 0 Å². The molecule has 18 heavy (non-hydrogen) atoms. The van der Waals surface area contributed by atoms with Crippen molar-refractivity contribution in [2.24, 2.45) is 10.9 Å². The molecule has 0 saturated carbocycles. The molecule has 0 aliphatic heterocycles. The average Bonchev–Trinajstić information content (AvgIpc) is 2.33. The quantitative estimate of drug-likeness (QED) is 0.264. The van der Waals surface area contributed by atoms with Crippen LogP contribution in [0.1, 0.15) is 12.0 Å². The van der Waals surface area contributed by atoms with Crippen LogP contribution in [0.25, 0.3) is 0 Å². The number of benzene rings is 1. The molecule has 0 heterocycles. The highest BCUT2D eigenvalue weighted by molar-refractivity contribution is 5.99. The lowest BCUT2D eigenvalue weighted by Gasteiger charge is -2.13. The minimum absolute atomic E-state index is 0.00940. The number of amidine groups is 1. The molecule has 0 fully saturated rings. The summed E-state index contributed by atoms with van der Waals surface area (Å²) in [6.07, 6.45) is 0.805. The van der Waals surface area contributed by atoms with Crippen molar-refractivity contribution in [1.82, 2.24) is 4.90 Å². The van der Waals surface area contributed by atoms with E-state index in [1.165, 1.54) is 12.1 Å². The summed E-state index contributed by atoms with van der Waals surface area (Å²) in [5.74, 6) is -0.588. The Morgan fingerprint density at radius 3 is 2.83 bits per heavy atom. The molecule has 0 atom stereocenters. The third kappa shape index (κ3) is 3.89. The minimum atomic E-state index is -0.574. The molecule has 0 unspecified atom stereocenters. The van der Waals surface area contributed by atoms with Crippen molar-refractivity contribution >= 4 is 5.84 Å². The van der Waals surface area contributed by atoms with Gasteiger partial charge in [0.25, 0.3) is 0 Å². The average molecular weight is 255 g/mol. The molecule has 0 radical (unpaired) electrons. The van der Waals surface area contributed by atoms with Crippen molar-refractivity contribution in [3.05, 3.63) is 29.6 Å². The maximum Gasteiger partial charge on any atom is 0.176 e. The van der Waals surface area contributed by atoms with Gasteiger partial charge in [-0.25, -0.2) is 4.39 Å². The summed E-state index contributed by atoms with van der Waals surface area (Å²) in [6.45, 7) is 1.31. The lowest BCUT2D eigenvalue weighted by Crippen LogP contribution is -2.18. The number of nitrogens with two attached hydrogens (primary N) is 1. The van der Waals surface area contributed by atoms with Crippen molar-refractivity contribution < 1.29 is 14.3 Å². The summed E-state index contributed by atoms with van der Waals surface area (Å²) >= 11 is 0. The van der Waals surface area contributed by atoms with Gasteiger partial charge in [-0.3, -0.25) is 0 Å². The first-order chi connectivity index (χ1) is 8.56. The van der Waals surface area contributed by atoms with E-state index in [-0.39, 0.29) is 17.1 Å². The van der Waals surface area contributed by atoms with Crippen LogP contribution < -0.4 is 10.5 Å². The molecule has 0 saturated heterocycles. The summed E-state index contributed by atoms with van der Waals surface area (Å²) in [7, 11) is 3.92. The van der Waals surface area contributed by atoms with Crippen molar-refractivity contribution in [1.29, 1.82) is 0 Å². The Morgan fingerprint density at radius 1 is 1.50 bits per heavy atom. The van der Waals surface area contributed by atoms with Crippen LogP contribution >= 0.6 is 0 Å². The fourth-order valence-electron chi connectivity index (χ4n) is 1.49. The van der Waals surface area contributed by atoms with Crippen LogP contribution in [0.15, 0.2) is 23.4 Å². The SMILES string of the molecule is CN(C)CCCOc1cccc(F)c1C(N)=NO. The summed E-state index contributed by atoms with van der Waals surface area (Å²) < 4.78 is 19.0. The second-order valence-electron chi connectivity index (χ2n) is 4.10. The van der Waals surface area contributed by atoms with Crippen LogP contribution in [0, 0.1) is 5.82 Å². The fourth-order valence-corrected chi connectivity index (χ4v) is 1.49. The number of ether oxygens (including phenoxy) is 1. The largest absolute Gasteiger partial charge is 0.493 e. The topological polar surface area (TPSA) is 71.1 Å². The van der Waals surface area contributed by atoms with Crippen LogP contribution in [0.3, 0.4) is 0 Å². The van der Waals surface area contributed by atoms with Gasteiger partial charge in [0.2, 0.25) is 0 Å². The highest BCUT2D eigenvalue weighted by atomic mass is 19.1. The Morgan fingerprint density at radius 2 is 2.22 bits per heavy atom. The smallest absolute Gasteiger partial charge is 0.176 e. The molecule has 6 heteroatoms. The van der Waals surface area contributed by atoms with Crippen LogP contribution in [0.2, 0.25) is 0 Å². The molecule has 1 rings (SSSR count). The maximum absolute atomic E-state index is 13.6. The zero-order valence-electron chi connectivity index (χ0n) is 10.6. The predicted molar refractivity (Wildman–Crippen MR) is 67.6 cm³/mol. The fraction of sp³-hybridized carbons (Fsp3) is 0.417. The lowest BCUT2D eigenvalue weighted by molar-refractivity contribution is 0.279. The van der Waals surface area contributed by atoms with Gasteiger partial charge in [0.1, 0.15) is 11.6 Å². The molecule has 5 nitrogen and oxygen atoms in total. The van der Waals surface area contributed by atoms with Gasteiger partial charge < -0.3 is 20.6 Å². The Balaban J connectivity index is 2.73. The first kappa shape index (κ1) is 14.2. The van der Waals surface area contributed by atoms with Crippen LogP contribution in [-0.2, 0) is 0 Å². The second-order valence-corrected chi connectivity index (χ2v) is 4.10. The molecule has 0 aliphatic rings. The van der Waals surface area contributed by atoms with Crippen molar-refractivity contribution in [3.8, 4) is 5.75 Å². The number of oxime groups is 1. The van der Waals surface area contributed by atoms with E-state index in [4.69, 9.17) is 15.7 Å². The Hall–Kier alpha value is -1.82. The van der Waals surface area contributed by atoms with E-state index >= 15 is 0 Å². The monoisotopic (exact) mass is 255 g/mol. The van der Waals surface area contributed by atoms with E-state index in [0.29, 0.717) is 6.61 Å². The summed E-state index contributed by atoms with van der Waals surface area (Å²) in [5.41, 5.74) is 5.41. The van der Waals surface area contributed by atoms with Gasteiger partial charge in [-0.05, 0) is 32.6 Å². The molecule has 100 valence electrons. The standard InChI is InChI=1S/C12H18FN3O2/c1-16(2)7-4-8-18-10-6-3-5-9(13)11(10)12(14)15-17/h3,5-6,17H,4,7-8H2,1-2H3,(H2,14,15). The van der Waals surface area contributed by atoms with E-state index in [1.807, 2.05) is 19.0 Å². The molecular weight excluding hydrogens is 237 g/mol. The Bertz CT molecular complexity index is 422. The number of hydrogen-bond donors (Lipinski definition) is 2. The van der Waals surface area contributed by atoms with Gasteiger partial charge >= 0.3 is 0 Å². The lowest BCUT2D eigenvalue weighted by atomic mass is 10.1. The summed E-state index contributed by atoms with van der Waals surface area (Å²) in [5, 5.41) is 11.4. The molecular formula is C12H18FN3O2. The molecule has 0 aromatic heterocycles. The van der Waals surface area contributed by atoms with Gasteiger partial charge in [0.15, 0.2) is 5.84 Å².